The minimum absolute atomic E-state index is 0. The summed E-state index contributed by atoms with van der Waals surface area (Å²) in [5.74, 6) is 0.505. The van der Waals surface area contributed by atoms with Crippen molar-refractivity contribution in [3.8, 4) is 5.75 Å². The van der Waals surface area contributed by atoms with Gasteiger partial charge in [-0.05, 0) is 46.8 Å². The van der Waals surface area contributed by atoms with Gasteiger partial charge in [-0.1, -0.05) is 86.3 Å². The molecule has 0 saturated heterocycles. The monoisotopic (exact) mass is 540 g/mol. The number of benzene rings is 1. The van der Waals surface area contributed by atoms with E-state index in [0.29, 0.717) is 18.6 Å². The zero-order chi connectivity index (χ0) is 25.3. The molecule has 0 bridgehead atoms. The number of hydrogen-bond donors (Lipinski definition) is 2. The van der Waals surface area contributed by atoms with Gasteiger partial charge < -0.3 is 31.9 Å². The van der Waals surface area contributed by atoms with Crippen LogP contribution in [0.5, 0.6) is 5.75 Å². The molecule has 198 valence electrons. The number of nitrogens with zero attached hydrogens (tertiary/aromatic N) is 1. The van der Waals surface area contributed by atoms with Crippen LogP contribution in [0.3, 0.4) is 0 Å². The maximum Gasteiger partial charge on any atom is 0.220 e. The third kappa shape index (κ3) is 12.1. The lowest BCUT2D eigenvalue weighted by atomic mass is 9.78. The van der Waals surface area contributed by atoms with Gasteiger partial charge in [-0.2, -0.15) is 0 Å². The van der Waals surface area contributed by atoms with Crippen LogP contribution < -0.4 is 22.3 Å². The fourth-order valence-corrected chi connectivity index (χ4v) is 4.26. The summed E-state index contributed by atoms with van der Waals surface area (Å²) in [6.07, 6.45) is 9.08. The molecule has 2 N–H and O–H groups in total. The van der Waals surface area contributed by atoms with E-state index in [1.54, 1.807) is 0 Å². The molecule has 0 radical (unpaired) electrons. The average Bonchev–Trinajstić information content (AvgIpc) is 2.67. The zero-order valence-corrected chi connectivity index (χ0v) is 25.2. The quantitative estimate of drug-likeness (QED) is 0.297. The van der Waals surface area contributed by atoms with Gasteiger partial charge in [-0.25, -0.2) is 0 Å². The molecule has 0 atom stereocenters. The number of carbonyl (C=O) groups is 1. The molecule has 0 saturated carbocycles. The molecule has 4 nitrogen and oxygen atoms in total. The Hall–Kier alpha value is -1.07. The Morgan fingerprint density at radius 3 is 1.88 bits per heavy atom. The second-order valence-electron chi connectivity index (χ2n) is 12.5. The Labute approximate surface area is 221 Å². The van der Waals surface area contributed by atoms with Crippen LogP contribution in [0.4, 0.5) is 0 Å². The molecule has 0 spiro atoms. The minimum atomic E-state index is -0.151. The van der Waals surface area contributed by atoms with Crippen LogP contribution in [0.25, 0.3) is 0 Å². The fourth-order valence-electron chi connectivity index (χ4n) is 4.26. The SMILES string of the molecule is CCCCCCCC[N+](C)(C)CCNC(=O)CCc1cc(C(C)(C)C)c(O)c(C(C)(C)C)c1.[Br-]. The number of unbranched alkanes of at least 4 members (excludes halogenated alkanes) is 5. The maximum atomic E-state index is 12.5. The van der Waals surface area contributed by atoms with Crippen LogP contribution in [0.15, 0.2) is 12.1 Å². The van der Waals surface area contributed by atoms with E-state index in [1.807, 2.05) is 0 Å². The topological polar surface area (TPSA) is 49.3 Å². The van der Waals surface area contributed by atoms with Crippen LogP contribution >= 0.6 is 0 Å². The molecular formula is C29H53BrN2O2. The second-order valence-corrected chi connectivity index (χ2v) is 12.5. The molecule has 5 heteroatoms. The van der Waals surface area contributed by atoms with Crippen molar-refractivity contribution in [1.29, 1.82) is 0 Å². The van der Waals surface area contributed by atoms with Crippen molar-refractivity contribution < 1.29 is 31.4 Å². The number of aryl methyl sites for hydroxylation is 1. The van der Waals surface area contributed by atoms with E-state index in [2.05, 4.69) is 80.0 Å². The smallest absolute Gasteiger partial charge is 0.220 e. The molecule has 0 aliphatic carbocycles. The van der Waals surface area contributed by atoms with E-state index in [1.165, 1.54) is 45.1 Å². The highest BCUT2D eigenvalue weighted by Crippen LogP contribution is 2.39. The van der Waals surface area contributed by atoms with Gasteiger partial charge in [0, 0.05) is 6.42 Å². The summed E-state index contributed by atoms with van der Waals surface area (Å²) in [5, 5.41) is 14.0. The van der Waals surface area contributed by atoms with E-state index >= 15 is 0 Å². The lowest BCUT2D eigenvalue weighted by Crippen LogP contribution is -3.00. The van der Waals surface area contributed by atoms with Crippen molar-refractivity contribution in [2.75, 3.05) is 33.7 Å². The number of carbonyl (C=O) groups excluding carboxylic acids is 1. The number of aromatic hydroxyl groups is 1. The van der Waals surface area contributed by atoms with Gasteiger partial charge in [0.25, 0.3) is 0 Å². The Balaban J connectivity index is 0.0000109. The minimum Gasteiger partial charge on any atom is -1.00 e. The van der Waals surface area contributed by atoms with Gasteiger partial charge in [0.15, 0.2) is 0 Å². The molecule has 0 unspecified atom stereocenters. The van der Waals surface area contributed by atoms with Crippen molar-refractivity contribution in [2.24, 2.45) is 0 Å². The summed E-state index contributed by atoms with van der Waals surface area (Å²) in [6.45, 7) is 17.8. The average molecular weight is 542 g/mol. The van der Waals surface area contributed by atoms with E-state index in [-0.39, 0.29) is 33.7 Å². The lowest BCUT2D eigenvalue weighted by molar-refractivity contribution is -0.889. The molecule has 1 rings (SSSR count). The van der Waals surface area contributed by atoms with Crippen molar-refractivity contribution in [1.82, 2.24) is 5.32 Å². The summed E-state index contributed by atoms with van der Waals surface area (Å²) in [4.78, 5) is 12.5. The molecule has 0 aliphatic heterocycles. The number of halogens is 1. The first-order chi connectivity index (χ1) is 15.2. The highest BCUT2D eigenvalue weighted by atomic mass is 79.9. The number of amides is 1. The van der Waals surface area contributed by atoms with Crippen LogP contribution in [-0.2, 0) is 22.0 Å². The number of phenolic OH excluding ortho intramolecular Hbond substituents is 1. The van der Waals surface area contributed by atoms with Gasteiger partial charge in [-0.3, -0.25) is 4.79 Å². The predicted molar refractivity (Wildman–Crippen MR) is 142 cm³/mol. The predicted octanol–water partition coefficient (Wildman–Crippen LogP) is 3.48. The normalized spacial score (nSPS) is 12.4. The Morgan fingerprint density at radius 1 is 0.882 bits per heavy atom. The summed E-state index contributed by atoms with van der Waals surface area (Å²) in [7, 11) is 4.52. The molecule has 1 aromatic carbocycles. The first-order valence-corrected chi connectivity index (χ1v) is 13.1. The molecule has 1 aromatic rings. The summed E-state index contributed by atoms with van der Waals surface area (Å²) in [5.41, 5.74) is 2.74. The molecule has 0 fully saturated rings. The van der Waals surface area contributed by atoms with Crippen LogP contribution in [0.1, 0.15) is 110 Å². The molecular weight excluding hydrogens is 488 g/mol. The van der Waals surface area contributed by atoms with Crippen LogP contribution in [0, 0.1) is 0 Å². The highest BCUT2D eigenvalue weighted by Gasteiger charge is 2.26. The maximum absolute atomic E-state index is 12.5. The van der Waals surface area contributed by atoms with E-state index in [0.717, 1.165) is 34.3 Å². The second kappa shape index (κ2) is 14.5. The molecule has 0 aromatic heterocycles. The van der Waals surface area contributed by atoms with Gasteiger partial charge >= 0.3 is 0 Å². The molecule has 1 amide bonds. The third-order valence-electron chi connectivity index (χ3n) is 6.58. The van der Waals surface area contributed by atoms with Gasteiger partial charge in [-0.15, -0.1) is 0 Å². The molecule has 0 aliphatic rings. The Bertz CT molecular complexity index is 710. The first-order valence-electron chi connectivity index (χ1n) is 13.1. The van der Waals surface area contributed by atoms with E-state index < -0.39 is 0 Å². The first kappa shape index (κ1) is 32.9. The van der Waals surface area contributed by atoms with E-state index in [9.17, 15) is 9.90 Å². The number of phenols is 1. The van der Waals surface area contributed by atoms with Crippen molar-refractivity contribution >= 4 is 5.91 Å². The van der Waals surface area contributed by atoms with Crippen molar-refractivity contribution in [2.45, 2.75) is 111 Å². The molecule has 34 heavy (non-hydrogen) atoms. The van der Waals surface area contributed by atoms with Crippen LogP contribution in [-0.4, -0.2) is 49.2 Å². The standard InChI is InChI=1S/C29H52N2O2.BrH/c1-10-11-12-13-14-15-19-31(8,9)20-18-30-26(32)17-16-23-21-24(28(2,3)4)27(33)25(22-23)29(5,6)7;/h21-22H,10-20H2,1-9H3,(H-,30,32,33);1H. The highest BCUT2D eigenvalue weighted by molar-refractivity contribution is 5.76. The summed E-state index contributed by atoms with van der Waals surface area (Å²) in [6, 6.07) is 4.16. The Morgan fingerprint density at radius 2 is 1.38 bits per heavy atom. The number of nitrogens with one attached hydrogen (secondary N) is 1. The van der Waals surface area contributed by atoms with Crippen molar-refractivity contribution in [3.05, 3.63) is 28.8 Å². The summed E-state index contributed by atoms with van der Waals surface area (Å²) < 4.78 is 0.954. The van der Waals surface area contributed by atoms with E-state index in [4.69, 9.17) is 0 Å². The summed E-state index contributed by atoms with van der Waals surface area (Å²) >= 11 is 0. The third-order valence-corrected chi connectivity index (χ3v) is 6.58. The number of quaternary nitrogens is 1. The number of likely N-dealkylation sites (N-methyl/N-ethyl adjacent to an activating group) is 1. The number of hydrogen-bond acceptors (Lipinski definition) is 2. The Kier molecular flexibility index (Phi) is 14.0. The lowest BCUT2D eigenvalue weighted by Gasteiger charge is -2.30. The number of rotatable bonds is 13. The molecule has 0 heterocycles. The van der Waals surface area contributed by atoms with Crippen LogP contribution in [0.2, 0.25) is 0 Å². The largest absolute Gasteiger partial charge is 1.00 e. The van der Waals surface area contributed by atoms with Gasteiger partial charge in [0.1, 0.15) is 5.75 Å². The van der Waals surface area contributed by atoms with Crippen molar-refractivity contribution in [3.63, 3.8) is 0 Å². The van der Waals surface area contributed by atoms with Gasteiger partial charge in [0.2, 0.25) is 5.91 Å². The van der Waals surface area contributed by atoms with Gasteiger partial charge in [0.05, 0.1) is 33.7 Å². The zero-order valence-electron chi connectivity index (χ0n) is 23.6. The fraction of sp³-hybridized carbons (Fsp3) is 0.759.